The van der Waals surface area contributed by atoms with E-state index in [0.717, 1.165) is 30.8 Å². The topological polar surface area (TPSA) is 50.4 Å². The van der Waals surface area contributed by atoms with E-state index in [-0.39, 0.29) is 11.3 Å². The van der Waals surface area contributed by atoms with E-state index in [9.17, 15) is 4.79 Å². The van der Waals surface area contributed by atoms with Crippen molar-refractivity contribution in [2.24, 2.45) is 0 Å². The maximum Gasteiger partial charge on any atom is 0.220 e. The number of carbonyl (C=O) groups excluding carboxylic acids is 1. The van der Waals surface area contributed by atoms with Crippen LogP contribution < -0.4 is 15.4 Å². The fourth-order valence-corrected chi connectivity index (χ4v) is 2.95. The summed E-state index contributed by atoms with van der Waals surface area (Å²) in [6.45, 7) is 3.59. The summed E-state index contributed by atoms with van der Waals surface area (Å²) in [5.41, 5.74) is 2.23. The van der Waals surface area contributed by atoms with E-state index < -0.39 is 0 Å². The Balaban J connectivity index is 2.38. The van der Waals surface area contributed by atoms with Gasteiger partial charge in [-0.1, -0.05) is 12.1 Å². The standard InChI is InChI=1S/C15H22N2O2/c1-11-8-12(4-5-13(11)19-3)15(10-16-2)6-7-17-14(18)9-15/h4-5,8,16H,6-7,9-10H2,1-3H3,(H,17,18). The van der Waals surface area contributed by atoms with E-state index in [1.807, 2.05) is 20.0 Å². The third kappa shape index (κ3) is 2.73. The van der Waals surface area contributed by atoms with Gasteiger partial charge in [-0.2, -0.15) is 0 Å². The van der Waals surface area contributed by atoms with Gasteiger partial charge in [0.2, 0.25) is 5.91 Å². The number of rotatable bonds is 4. The Kier molecular flexibility index (Phi) is 4.10. The molecule has 0 bridgehead atoms. The molecule has 0 aromatic heterocycles. The van der Waals surface area contributed by atoms with Crippen LogP contribution in [0.5, 0.6) is 5.75 Å². The molecular weight excluding hydrogens is 240 g/mol. The highest BCUT2D eigenvalue weighted by Crippen LogP contribution is 2.35. The van der Waals surface area contributed by atoms with Gasteiger partial charge in [-0.25, -0.2) is 0 Å². The molecule has 1 aromatic carbocycles. The SMILES string of the molecule is CNCC1(c2ccc(OC)c(C)c2)CCNC(=O)C1. The van der Waals surface area contributed by atoms with E-state index in [2.05, 4.69) is 22.8 Å². The van der Waals surface area contributed by atoms with Crippen LogP contribution in [0, 0.1) is 6.92 Å². The van der Waals surface area contributed by atoms with Crippen LogP contribution in [0.1, 0.15) is 24.0 Å². The average Bonchev–Trinajstić information content (AvgIpc) is 2.39. The zero-order valence-corrected chi connectivity index (χ0v) is 11.9. The number of ether oxygens (including phenoxy) is 1. The number of carbonyl (C=O) groups is 1. The number of likely N-dealkylation sites (N-methyl/N-ethyl adjacent to an activating group) is 1. The zero-order chi connectivity index (χ0) is 13.9. The second kappa shape index (κ2) is 5.61. The maximum absolute atomic E-state index is 11.8. The first-order valence-corrected chi connectivity index (χ1v) is 6.68. The Hall–Kier alpha value is -1.55. The van der Waals surface area contributed by atoms with Crippen molar-refractivity contribution in [3.05, 3.63) is 29.3 Å². The molecule has 0 spiro atoms. The Morgan fingerprint density at radius 3 is 2.84 bits per heavy atom. The highest BCUT2D eigenvalue weighted by molar-refractivity contribution is 5.78. The molecule has 1 aliphatic rings. The van der Waals surface area contributed by atoms with Gasteiger partial charge in [0, 0.05) is 24.9 Å². The lowest BCUT2D eigenvalue weighted by molar-refractivity contribution is -0.124. The van der Waals surface area contributed by atoms with Gasteiger partial charge in [-0.05, 0) is 37.6 Å². The first kappa shape index (κ1) is 13.9. The molecule has 19 heavy (non-hydrogen) atoms. The number of aryl methyl sites for hydroxylation is 1. The van der Waals surface area contributed by atoms with E-state index in [1.165, 1.54) is 5.56 Å². The number of nitrogens with one attached hydrogen (secondary N) is 2. The Bertz CT molecular complexity index is 469. The monoisotopic (exact) mass is 262 g/mol. The van der Waals surface area contributed by atoms with Crippen molar-refractivity contribution in [1.29, 1.82) is 0 Å². The lowest BCUT2D eigenvalue weighted by atomic mass is 9.72. The van der Waals surface area contributed by atoms with E-state index in [0.29, 0.717) is 6.42 Å². The van der Waals surface area contributed by atoms with E-state index >= 15 is 0 Å². The second-order valence-electron chi connectivity index (χ2n) is 5.27. The predicted octanol–water partition coefficient (Wildman–Crippen LogP) is 1.37. The summed E-state index contributed by atoms with van der Waals surface area (Å²) in [7, 11) is 3.62. The minimum Gasteiger partial charge on any atom is -0.496 e. The lowest BCUT2D eigenvalue weighted by Gasteiger charge is -2.37. The Morgan fingerprint density at radius 2 is 2.26 bits per heavy atom. The Labute approximate surface area is 114 Å². The molecule has 1 unspecified atom stereocenters. The van der Waals surface area contributed by atoms with Crippen LogP contribution in [-0.4, -0.2) is 33.2 Å². The van der Waals surface area contributed by atoms with Gasteiger partial charge in [0.25, 0.3) is 0 Å². The van der Waals surface area contributed by atoms with Crippen molar-refractivity contribution in [3.63, 3.8) is 0 Å². The van der Waals surface area contributed by atoms with Gasteiger partial charge in [-0.3, -0.25) is 4.79 Å². The second-order valence-corrected chi connectivity index (χ2v) is 5.27. The summed E-state index contributed by atoms with van der Waals surface area (Å²) < 4.78 is 5.31. The van der Waals surface area contributed by atoms with Crippen LogP contribution in [0.4, 0.5) is 0 Å². The number of amides is 1. The highest BCUT2D eigenvalue weighted by Gasteiger charge is 2.37. The zero-order valence-electron chi connectivity index (χ0n) is 11.9. The van der Waals surface area contributed by atoms with Crippen molar-refractivity contribution in [2.75, 3.05) is 27.2 Å². The number of hydrogen-bond donors (Lipinski definition) is 2. The molecular formula is C15H22N2O2. The molecule has 1 amide bonds. The first-order valence-electron chi connectivity index (χ1n) is 6.68. The molecule has 104 valence electrons. The molecule has 1 aromatic rings. The van der Waals surface area contributed by atoms with Crippen LogP contribution in [0.3, 0.4) is 0 Å². The van der Waals surface area contributed by atoms with Gasteiger partial charge < -0.3 is 15.4 Å². The summed E-state index contributed by atoms with van der Waals surface area (Å²) in [5.74, 6) is 1.03. The Morgan fingerprint density at radius 1 is 1.47 bits per heavy atom. The number of benzene rings is 1. The van der Waals surface area contributed by atoms with E-state index in [4.69, 9.17) is 4.74 Å². The van der Waals surface area contributed by atoms with Gasteiger partial charge >= 0.3 is 0 Å². The smallest absolute Gasteiger partial charge is 0.220 e. The highest BCUT2D eigenvalue weighted by atomic mass is 16.5. The molecule has 1 fully saturated rings. The largest absolute Gasteiger partial charge is 0.496 e. The molecule has 0 aliphatic carbocycles. The minimum absolute atomic E-state index is 0.103. The fraction of sp³-hybridized carbons (Fsp3) is 0.533. The molecule has 2 rings (SSSR count). The van der Waals surface area contributed by atoms with Crippen LogP contribution >= 0.6 is 0 Å². The van der Waals surface area contributed by atoms with Gasteiger partial charge in [0.1, 0.15) is 5.75 Å². The molecule has 4 heteroatoms. The number of hydrogen-bond acceptors (Lipinski definition) is 3. The van der Waals surface area contributed by atoms with Crippen LogP contribution in [0.25, 0.3) is 0 Å². The van der Waals surface area contributed by atoms with Crippen LogP contribution in [0.2, 0.25) is 0 Å². The van der Waals surface area contributed by atoms with Crippen LogP contribution in [0.15, 0.2) is 18.2 Å². The molecule has 1 aliphatic heterocycles. The van der Waals surface area contributed by atoms with E-state index in [1.54, 1.807) is 7.11 Å². The van der Waals surface area contributed by atoms with Crippen molar-refractivity contribution >= 4 is 5.91 Å². The molecule has 1 saturated heterocycles. The maximum atomic E-state index is 11.8. The third-order valence-corrected chi connectivity index (χ3v) is 3.95. The third-order valence-electron chi connectivity index (χ3n) is 3.95. The summed E-state index contributed by atoms with van der Waals surface area (Å²) >= 11 is 0. The molecule has 1 atom stereocenters. The normalized spacial score (nSPS) is 23.0. The molecule has 0 radical (unpaired) electrons. The molecule has 4 nitrogen and oxygen atoms in total. The molecule has 1 heterocycles. The molecule has 2 N–H and O–H groups in total. The number of piperidine rings is 1. The van der Waals surface area contributed by atoms with Gasteiger partial charge in [-0.15, -0.1) is 0 Å². The van der Waals surface area contributed by atoms with Gasteiger partial charge in [0.15, 0.2) is 0 Å². The minimum atomic E-state index is -0.103. The van der Waals surface area contributed by atoms with Crippen molar-refractivity contribution < 1.29 is 9.53 Å². The molecule has 0 saturated carbocycles. The summed E-state index contributed by atoms with van der Waals surface area (Å²) in [5, 5.41) is 6.14. The average molecular weight is 262 g/mol. The first-order chi connectivity index (χ1) is 9.11. The summed E-state index contributed by atoms with van der Waals surface area (Å²) in [4.78, 5) is 11.8. The van der Waals surface area contributed by atoms with Crippen molar-refractivity contribution in [3.8, 4) is 5.75 Å². The predicted molar refractivity (Wildman–Crippen MR) is 75.6 cm³/mol. The summed E-state index contributed by atoms with van der Waals surface area (Å²) in [6.07, 6.45) is 1.50. The lowest BCUT2D eigenvalue weighted by Crippen LogP contribution is -2.48. The van der Waals surface area contributed by atoms with Gasteiger partial charge in [0.05, 0.1) is 7.11 Å². The van der Waals surface area contributed by atoms with Crippen molar-refractivity contribution in [2.45, 2.75) is 25.2 Å². The fourth-order valence-electron chi connectivity index (χ4n) is 2.95. The summed E-state index contributed by atoms with van der Waals surface area (Å²) in [6, 6.07) is 6.23. The number of methoxy groups -OCH3 is 1. The van der Waals surface area contributed by atoms with Crippen LogP contribution in [-0.2, 0) is 10.2 Å². The van der Waals surface area contributed by atoms with Crippen molar-refractivity contribution in [1.82, 2.24) is 10.6 Å². The quantitative estimate of drug-likeness (QED) is 0.861.